The summed E-state index contributed by atoms with van der Waals surface area (Å²) < 4.78 is 37.8. The molecule has 1 fully saturated rings. The van der Waals surface area contributed by atoms with Gasteiger partial charge in [0.15, 0.2) is 17.7 Å². The van der Waals surface area contributed by atoms with Crippen LogP contribution in [0.25, 0.3) is 0 Å². The number of carbonyl (C=O) groups excluding carboxylic acids is 1. The monoisotopic (exact) mass is 298 g/mol. The number of esters is 1. The minimum atomic E-state index is -0.892. The van der Waals surface area contributed by atoms with Crippen molar-refractivity contribution in [1.82, 2.24) is 0 Å². The Balaban J connectivity index is 2.53. The molecule has 0 aromatic heterocycles. The predicted molar refractivity (Wildman–Crippen MR) is 74.0 cm³/mol. The van der Waals surface area contributed by atoms with Crippen LogP contribution >= 0.6 is 0 Å². The lowest BCUT2D eigenvalue weighted by molar-refractivity contribution is -0.157. The molecule has 3 atom stereocenters. The van der Waals surface area contributed by atoms with Crippen molar-refractivity contribution in [2.45, 2.75) is 45.3 Å². The molecular formula is C16H20F2O3. The average molecular weight is 298 g/mol. The van der Waals surface area contributed by atoms with Crippen LogP contribution in [0.1, 0.15) is 37.8 Å². The summed E-state index contributed by atoms with van der Waals surface area (Å²) in [7, 11) is 1.29. The van der Waals surface area contributed by atoms with Gasteiger partial charge in [-0.1, -0.05) is 13.0 Å². The SMILES string of the molecule is COC(=O)[C@H]1OC(C)(C)[C@@H](C)[C@H]1c1ccc(F)c(F)c1C. The number of hydrogen-bond donors (Lipinski definition) is 0. The van der Waals surface area contributed by atoms with Gasteiger partial charge in [0.05, 0.1) is 12.7 Å². The fourth-order valence-corrected chi connectivity index (χ4v) is 2.97. The van der Waals surface area contributed by atoms with E-state index in [-0.39, 0.29) is 17.4 Å². The molecule has 0 saturated carbocycles. The third-order valence-corrected chi connectivity index (χ3v) is 4.57. The second-order valence-electron chi connectivity index (χ2n) is 6.06. The summed E-state index contributed by atoms with van der Waals surface area (Å²) in [5.74, 6) is -2.70. The van der Waals surface area contributed by atoms with Crippen molar-refractivity contribution in [2.24, 2.45) is 5.92 Å². The van der Waals surface area contributed by atoms with Crippen molar-refractivity contribution in [1.29, 1.82) is 0 Å². The minimum Gasteiger partial charge on any atom is -0.467 e. The molecule has 5 heteroatoms. The lowest BCUT2D eigenvalue weighted by Crippen LogP contribution is -2.29. The van der Waals surface area contributed by atoms with Gasteiger partial charge in [-0.25, -0.2) is 13.6 Å². The molecule has 0 N–H and O–H groups in total. The molecule has 0 amide bonds. The van der Waals surface area contributed by atoms with Crippen LogP contribution in [0.4, 0.5) is 8.78 Å². The van der Waals surface area contributed by atoms with Gasteiger partial charge in [-0.3, -0.25) is 0 Å². The minimum absolute atomic E-state index is 0.0508. The van der Waals surface area contributed by atoms with Gasteiger partial charge in [0.1, 0.15) is 0 Å². The second kappa shape index (κ2) is 5.37. The Hall–Kier alpha value is -1.49. The maximum absolute atomic E-state index is 13.8. The van der Waals surface area contributed by atoms with Crippen LogP contribution in [0.5, 0.6) is 0 Å². The quantitative estimate of drug-likeness (QED) is 0.786. The van der Waals surface area contributed by atoms with E-state index >= 15 is 0 Å². The molecule has 1 aromatic rings. The van der Waals surface area contributed by atoms with E-state index in [9.17, 15) is 13.6 Å². The summed E-state index contributed by atoms with van der Waals surface area (Å²) in [6.45, 7) is 7.21. The second-order valence-corrected chi connectivity index (χ2v) is 6.06. The molecule has 0 bridgehead atoms. The van der Waals surface area contributed by atoms with Gasteiger partial charge in [-0.2, -0.15) is 0 Å². The molecule has 0 radical (unpaired) electrons. The first-order chi connectivity index (χ1) is 9.70. The van der Waals surface area contributed by atoms with Crippen LogP contribution in [0, 0.1) is 24.5 Å². The van der Waals surface area contributed by atoms with Crippen LogP contribution in [0.15, 0.2) is 12.1 Å². The summed E-state index contributed by atoms with van der Waals surface area (Å²) in [5.41, 5.74) is 0.241. The maximum Gasteiger partial charge on any atom is 0.335 e. The normalized spacial score (nSPS) is 27.7. The standard InChI is InChI=1S/C16H20F2O3/c1-8-10(6-7-11(17)13(8)18)12-9(2)16(3,4)21-14(12)15(19)20-5/h6-7,9,12,14H,1-5H3/t9-,12-,14-/m0/s1. The van der Waals surface area contributed by atoms with E-state index in [1.165, 1.54) is 20.1 Å². The predicted octanol–water partition coefficient (Wildman–Crippen LogP) is 3.34. The van der Waals surface area contributed by atoms with Crippen LogP contribution in [-0.2, 0) is 14.3 Å². The molecule has 2 rings (SSSR count). The van der Waals surface area contributed by atoms with E-state index in [1.807, 2.05) is 20.8 Å². The zero-order valence-corrected chi connectivity index (χ0v) is 12.9. The Bertz CT molecular complexity index is 569. The van der Waals surface area contributed by atoms with E-state index in [1.54, 1.807) is 0 Å². The highest BCUT2D eigenvalue weighted by Crippen LogP contribution is 2.47. The van der Waals surface area contributed by atoms with E-state index < -0.39 is 29.3 Å². The average Bonchev–Trinajstić information content (AvgIpc) is 2.67. The third kappa shape index (κ3) is 2.55. The first-order valence-electron chi connectivity index (χ1n) is 6.91. The van der Waals surface area contributed by atoms with Crippen molar-refractivity contribution in [3.05, 3.63) is 34.9 Å². The summed E-state index contributed by atoms with van der Waals surface area (Å²) in [6, 6.07) is 2.61. The first kappa shape index (κ1) is 15.9. The molecule has 116 valence electrons. The van der Waals surface area contributed by atoms with Gasteiger partial charge in [-0.05, 0) is 43.9 Å². The number of methoxy groups -OCH3 is 1. The van der Waals surface area contributed by atoms with Crippen molar-refractivity contribution in [2.75, 3.05) is 7.11 Å². The molecule has 0 unspecified atom stereocenters. The van der Waals surface area contributed by atoms with Crippen LogP contribution in [0.3, 0.4) is 0 Å². The van der Waals surface area contributed by atoms with Gasteiger partial charge in [0.25, 0.3) is 0 Å². The highest BCUT2D eigenvalue weighted by molar-refractivity contribution is 5.77. The van der Waals surface area contributed by atoms with Crippen LogP contribution in [-0.4, -0.2) is 24.8 Å². The topological polar surface area (TPSA) is 35.5 Å². The van der Waals surface area contributed by atoms with E-state index in [2.05, 4.69) is 0 Å². The van der Waals surface area contributed by atoms with Gasteiger partial charge in [0, 0.05) is 5.92 Å². The number of halogens is 2. The lowest BCUT2D eigenvalue weighted by atomic mass is 9.77. The molecule has 1 heterocycles. The van der Waals surface area contributed by atoms with Crippen molar-refractivity contribution in [3.63, 3.8) is 0 Å². The first-order valence-corrected chi connectivity index (χ1v) is 6.91. The summed E-state index contributed by atoms with van der Waals surface area (Å²) >= 11 is 0. The fraction of sp³-hybridized carbons (Fsp3) is 0.562. The maximum atomic E-state index is 13.8. The molecule has 1 aliphatic rings. The Morgan fingerprint density at radius 2 is 1.95 bits per heavy atom. The molecule has 1 aromatic carbocycles. The van der Waals surface area contributed by atoms with Gasteiger partial charge < -0.3 is 9.47 Å². The molecule has 3 nitrogen and oxygen atoms in total. The van der Waals surface area contributed by atoms with Crippen LogP contribution in [0.2, 0.25) is 0 Å². The number of rotatable bonds is 2. The van der Waals surface area contributed by atoms with Crippen LogP contribution < -0.4 is 0 Å². The van der Waals surface area contributed by atoms with E-state index in [0.717, 1.165) is 6.07 Å². The molecule has 0 aliphatic carbocycles. The Morgan fingerprint density at radius 3 is 2.52 bits per heavy atom. The van der Waals surface area contributed by atoms with Crippen molar-refractivity contribution in [3.8, 4) is 0 Å². The fourth-order valence-electron chi connectivity index (χ4n) is 2.97. The largest absolute Gasteiger partial charge is 0.467 e. The zero-order valence-electron chi connectivity index (χ0n) is 12.9. The molecular weight excluding hydrogens is 278 g/mol. The lowest BCUT2D eigenvalue weighted by Gasteiger charge is -2.25. The zero-order chi connectivity index (χ0) is 15.9. The number of ether oxygens (including phenoxy) is 2. The Kier molecular flexibility index (Phi) is 4.06. The summed E-state index contributed by atoms with van der Waals surface area (Å²) in [4.78, 5) is 12.0. The van der Waals surface area contributed by atoms with Gasteiger partial charge >= 0.3 is 5.97 Å². The van der Waals surface area contributed by atoms with Crippen molar-refractivity contribution < 1.29 is 23.0 Å². The van der Waals surface area contributed by atoms with Gasteiger partial charge in [-0.15, -0.1) is 0 Å². The smallest absolute Gasteiger partial charge is 0.335 e. The Morgan fingerprint density at radius 1 is 1.33 bits per heavy atom. The van der Waals surface area contributed by atoms with Gasteiger partial charge in [0.2, 0.25) is 0 Å². The van der Waals surface area contributed by atoms with E-state index in [0.29, 0.717) is 5.56 Å². The van der Waals surface area contributed by atoms with Crippen molar-refractivity contribution >= 4 is 5.97 Å². The molecule has 0 spiro atoms. The summed E-state index contributed by atoms with van der Waals surface area (Å²) in [6.07, 6.45) is -0.816. The number of benzene rings is 1. The summed E-state index contributed by atoms with van der Waals surface area (Å²) in [5, 5.41) is 0. The van der Waals surface area contributed by atoms with E-state index in [4.69, 9.17) is 9.47 Å². The number of carbonyl (C=O) groups is 1. The molecule has 1 aliphatic heterocycles. The molecule has 1 saturated heterocycles. The highest BCUT2D eigenvalue weighted by Gasteiger charge is 2.51. The highest BCUT2D eigenvalue weighted by atomic mass is 19.2. The Labute approximate surface area is 123 Å². The number of hydrogen-bond acceptors (Lipinski definition) is 3. The third-order valence-electron chi connectivity index (χ3n) is 4.57. The molecule has 21 heavy (non-hydrogen) atoms.